The van der Waals surface area contributed by atoms with Gasteiger partial charge in [0.05, 0.1) is 163 Å². The van der Waals surface area contributed by atoms with Crippen molar-refractivity contribution in [1.29, 1.82) is 0 Å². The van der Waals surface area contributed by atoms with Crippen molar-refractivity contribution in [2.24, 2.45) is 0 Å². The highest BCUT2D eigenvalue weighted by atomic mass is 19.4. The Morgan fingerprint density at radius 2 is 0.549 bits per heavy atom. The Bertz CT molecular complexity index is 896. The minimum atomic E-state index is -4.94. The smallest absolute Gasteiger partial charge is 0.416 e. The molecule has 1 N–H and O–H groups in total. The second-order valence-electron chi connectivity index (χ2n) is 10.0. The summed E-state index contributed by atoms with van der Waals surface area (Å²) in [4.78, 5) is 0. The van der Waals surface area contributed by atoms with Gasteiger partial charge in [-0.25, -0.2) is 0 Å². The highest BCUT2D eigenvalue weighted by molar-refractivity contribution is 5.37. The Morgan fingerprint density at radius 1 is 0.333 bits per heavy atom. The number of hydrogen-bond acceptors (Lipinski definition) is 13. The zero-order chi connectivity index (χ0) is 37.3. The summed E-state index contributed by atoms with van der Waals surface area (Å²) in [6.07, 6.45) is -9.89. The first-order chi connectivity index (χ1) is 24.6. The number of alkyl halides is 6. The SMILES string of the molecule is OCCOCCOCCOCCOCCOCCOCCOCCOCCOCCOCCOCCOc1cc(C(F)(F)F)cc(C(F)(F)F)c1. The van der Waals surface area contributed by atoms with Gasteiger partial charge in [0.1, 0.15) is 12.4 Å². The molecular weight excluding hydrogens is 706 g/mol. The van der Waals surface area contributed by atoms with Gasteiger partial charge in [-0.15, -0.1) is 0 Å². The summed E-state index contributed by atoms with van der Waals surface area (Å²) in [6, 6.07) is 1.06. The lowest BCUT2D eigenvalue weighted by Crippen LogP contribution is -2.15. The predicted octanol–water partition coefficient (Wildman–Crippen LogP) is 3.28. The van der Waals surface area contributed by atoms with Crippen molar-refractivity contribution >= 4 is 0 Å². The Balaban J connectivity index is 1.77. The van der Waals surface area contributed by atoms with Gasteiger partial charge in [0, 0.05) is 0 Å². The molecule has 19 heteroatoms. The van der Waals surface area contributed by atoms with Gasteiger partial charge in [-0.05, 0) is 18.2 Å². The molecule has 0 heterocycles. The second kappa shape index (κ2) is 31.6. The molecule has 0 spiro atoms. The van der Waals surface area contributed by atoms with E-state index in [-0.39, 0.29) is 39.1 Å². The van der Waals surface area contributed by atoms with Crippen LogP contribution in [0.1, 0.15) is 11.1 Å². The van der Waals surface area contributed by atoms with Crippen LogP contribution in [-0.2, 0) is 64.5 Å². The quantitative estimate of drug-likeness (QED) is 0.0795. The molecule has 0 fully saturated rings. The minimum Gasteiger partial charge on any atom is -0.491 e. The van der Waals surface area contributed by atoms with E-state index in [1.54, 1.807) is 0 Å². The van der Waals surface area contributed by atoms with Crippen molar-refractivity contribution in [3.63, 3.8) is 0 Å². The van der Waals surface area contributed by atoms with Gasteiger partial charge in [-0.3, -0.25) is 0 Å². The van der Waals surface area contributed by atoms with Crippen LogP contribution in [0.15, 0.2) is 18.2 Å². The van der Waals surface area contributed by atoms with E-state index in [1.807, 2.05) is 0 Å². The number of benzene rings is 1. The van der Waals surface area contributed by atoms with Crippen molar-refractivity contribution in [3.05, 3.63) is 29.3 Å². The fourth-order valence-corrected chi connectivity index (χ4v) is 3.59. The van der Waals surface area contributed by atoms with Crippen LogP contribution in [0.3, 0.4) is 0 Å². The van der Waals surface area contributed by atoms with Crippen molar-refractivity contribution in [2.45, 2.75) is 12.4 Å². The predicted molar refractivity (Wildman–Crippen MR) is 168 cm³/mol. The summed E-state index contributed by atoms with van der Waals surface area (Å²) in [7, 11) is 0. The van der Waals surface area contributed by atoms with Crippen molar-refractivity contribution < 1.29 is 88.3 Å². The Labute approximate surface area is 294 Å². The van der Waals surface area contributed by atoms with E-state index in [4.69, 9.17) is 61.9 Å². The third kappa shape index (κ3) is 29.3. The highest BCUT2D eigenvalue weighted by Gasteiger charge is 2.37. The van der Waals surface area contributed by atoms with Crippen LogP contribution in [0.5, 0.6) is 5.75 Å². The topological polar surface area (TPSA) is 131 Å². The number of aliphatic hydroxyl groups excluding tert-OH is 1. The third-order valence-corrected chi connectivity index (χ3v) is 6.01. The normalized spacial score (nSPS) is 12.2. The molecule has 1 aromatic rings. The molecule has 0 aliphatic rings. The van der Waals surface area contributed by atoms with E-state index in [0.717, 1.165) is 0 Å². The number of rotatable bonds is 36. The van der Waals surface area contributed by atoms with Gasteiger partial charge in [-0.1, -0.05) is 0 Å². The van der Waals surface area contributed by atoms with Crippen molar-refractivity contribution in [3.8, 4) is 5.75 Å². The molecule has 0 saturated heterocycles. The average molecular weight is 759 g/mol. The standard InChI is InChI=1S/C32H52F6O13/c33-31(34,35)28-25-29(32(36,37)38)27-30(26-28)51-24-23-50-22-21-49-20-19-48-18-17-47-16-15-46-14-13-45-12-11-44-10-9-43-8-7-42-6-5-41-4-3-40-2-1-39/h25-27,39H,1-24H2. The van der Waals surface area contributed by atoms with Crippen molar-refractivity contribution in [2.75, 3.05) is 159 Å². The van der Waals surface area contributed by atoms with E-state index >= 15 is 0 Å². The van der Waals surface area contributed by atoms with E-state index in [0.29, 0.717) is 138 Å². The molecule has 0 unspecified atom stereocenters. The number of halogens is 6. The Morgan fingerprint density at radius 3 is 0.765 bits per heavy atom. The van der Waals surface area contributed by atoms with Crippen LogP contribution >= 0.6 is 0 Å². The zero-order valence-electron chi connectivity index (χ0n) is 28.8. The third-order valence-electron chi connectivity index (χ3n) is 6.01. The first-order valence-corrected chi connectivity index (χ1v) is 16.5. The molecule has 13 nitrogen and oxygen atoms in total. The lowest BCUT2D eigenvalue weighted by Gasteiger charge is -2.15. The molecule has 0 aliphatic carbocycles. The fraction of sp³-hybridized carbons (Fsp3) is 0.812. The summed E-state index contributed by atoms with van der Waals surface area (Å²) < 4.78 is 141. The maximum absolute atomic E-state index is 12.9. The molecule has 0 saturated carbocycles. The lowest BCUT2D eigenvalue weighted by molar-refractivity contribution is -0.143. The van der Waals surface area contributed by atoms with Gasteiger partial charge in [0.2, 0.25) is 0 Å². The molecule has 0 bridgehead atoms. The zero-order valence-corrected chi connectivity index (χ0v) is 28.8. The summed E-state index contributed by atoms with van der Waals surface area (Å²) in [5, 5.41) is 8.57. The van der Waals surface area contributed by atoms with Gasteiger partial charge >= 0.3 is 12.4 Å². The maximum atomic E-state index is 12.9. The number of aliphatic hydroxyl groups is 1. The van der Waals surface area contributed by atoms with Crippen LogP contribution in [-0.4, -0.2) is 164 Å². The van der Waals surface area contributed by atoms with E-state index in [1.165, 1.54) is 0 Å². The monoisotopic (exact) mass is 758 g/mol. The molecule has 0 amide bonds. The summed E-state index contributed by atoms with van der Waals surface area (Å²) in [5.74, 6) is -0.551. The van der Waals surface area contributed by atoms with Gasteiger partial charge in [0.15, 0.2) is 0 Å². The molecule has 0 aliphatic heterocycles. The molecule has 1 aromatic carbocycles. The van der Waals surface area contributed by atoms with Crippen LogP contribution in [0.25, 0.3) is 0 Å². The number of ether oxygens (including phenoxy) is 12. The summed E-state index contributed by atoms with van der Waals surface area (Å²) >= 11 is 0. The fourth-order valence-electron chi connectivity index (χ4n) is 3.59. The first kappa shape index (κ1) is 47.1. The Hall–Kier alpha value is -1.88. The van der Waals surface area contributed by atoms with Crippen LogP contribution in [0.2, 0.25) is 0 Å². The molecule has 0 atom stereocenters. The highest BCUT2D eigenvalue weighted by Crippen LogP contribution is 2.38. The molecular formula is C32H52F6O13. The van der Waals surface area contributed by atoms with Gasteiger partial charge in [0.25, 0.3) is 0 Å². The van der Waals surface area contributed by atoms with Crippen LogP contribution < -0.4 is 4.74 Å². The first-order valence-electron chi connectivity index (χ1n) is 16.5. The van der Waals surface area contributed by atoms with Crippen molar-refractivity contribution in [1.82, 2.24) is 0 Å². The maximum Gasteiger partial charge on any atom is 0.416 e. The lowest BCUT2D eigenvalue weighted by atomic mass is 10.1. The van der Waals surface area contributed by atoms with Gasteiger partial charge in [-0.2, -0.15) is 26.3 Å². The average Bonchev–Trinajstić information content (AvgIpc) is 3.09. The van der Waals surface area contributed by atoms with E-state index < -0.39 is 29.2 Å². The molecule has 1 rings (SSSR count). The Kier molecular flexibility index (Phi) is 29.2. The van der Waals surface area contributed by atoms with Gasteiger partial charge < -0.3 is 61.9 Å². The molecule has 51 heavy (non-hydrogen) atoms. The molecule has 0 radical (unpaired) electrons. The van der Waals surface area contributed by atoms with E-state index in [2.05, 4.69) is 0 Å². The molecule has 300 valence electrons. The second-order valence-corrected chi connectivity index (χ2v) is 10.0. The summed E-state index contributed by atoms with van der Waals surface area (Å²) in [5.41, 5.74) is -2.90. The largest absolute Gasteiger partial charge is 0.491 e. The van der Waals surface area contributed by atoms with Crippen LogP contribution in [0, 0.1) is 0 Å². The molecule has 0 aromatic heterocycles. The van der Waals surface area contributed by atoms with Crippen LogP contribution in [0.4, 0.5) is 26.3 Å². The summed E-state index contributed by atoms with van der Waals surface area (Å²) in [6.45, 7) is 8.04. The van der Waals surface area contributed by atoms with E-state index in [9.17, 15) is 26.3 Å². The minimum absolute atomic E-state index is 0.00299. The number of hydrogen-bond donors (Lipinski definition) is 1.